The van der Waals surface area contributed by atoms with E-state index in [9.17, 15) is 5.11 Å². The van der Waals surface area contributed by atoms with Crippen LogP contribution in [0.2, 0.25) is 0 Å². The Labute approximate surface area is 92.4 Å². The van der Waals surface area contributed by atoms with Crippen LogP contribution < -0.4 is 0 Å². The number of nitrogens with zero attached hydrogens (tertiary/aromatic N) is 1. The van der Waals surface area contributed by atoms with E-state index in [1.165, 1.54) is 0 Å². The Morgan fingerprint density at radius 1 is 1.33 bits per heavy atom. The summed E-state index contributed by atoms with van der Waals surface area (Å²) in [5.74, 6) is 0. The molecule has 1 N–H and O–H groups in total. The highest BCUT2D eigenvalue weighted by atomic mass is 16.3. The highest BCUT2D eigenvalue weighted by Gasteiger charge is 2.15. The van der Waals surface area contributed by atoms with Gasteiger partial charge in [0, 0.05) is 6.20 Å². The molecule has 0 aliphatic carbocycles. The highest BCUT2D eigenvalue weighted by molar-refractivity contribution is 5.13. The number of hydrogen-bond donors (Lipinski definition) is 1. The molecular weight excluding hydrogens is 186 g/mol. The van der Waals surface area contributed by atoms with Crippen molar-refractivity contribution in [1.29, 1.82) is 0 Å². The normalized spacial score (nSPS) is 13.9. The van der Waals surface area contributed by atoms with E-state index in [0.29, 0.717) is 0 Å². The number of aryl methyl sites for hydroxylation is 1. The Bertz CT molecular complexity index is 297. The van der Waals surface area contributed by atoms with Gasteiger partial charge >= 0.3 is 0 Å². The van der Waals surface area contributed by atoms with Gasteiger partial charge in [-0.1, -0.05) is 26.8 Å². The van der Waals surface area contributed by atoms with E-state index in [1.807, 2.05) is 19.1 Å². The number of aliphatic hydroxyl groups excluding tert-OH is 1. The average molecular weight is 207 g/mol. The maximum atomic E-state index is 9.91. The minimum atomic E-state index is -0.426. The summed E-state index contributed by atoms with van der Waals surface area (Å²) < 4.78 is 0. The molecule has 0 spiro atoms. The van der Waals surface area contributed by atoms with E-state index in [0.717, 1.165) is 24.1 Å². The lowest BCUT2D eigenvalue weighted by Gasteiger charge is -2.20. The number of pyridine rings is 1. The quantitative estimate of drug-likeness (QED) is 0.825. The number of aromatic nitrogens is 1. The van der Waals surface area contributed by atoms with E-state index in [2.05, 4.69) is 25.8 Å². The van der Waals surface area contributed by atoms with E-state index in [-0.39, 0.29) is 5.41 Å². The van der Waals surface area contributed by atoms with Crippen molar-refractivity contribution in [1.82, 2.24) is 4.98 Å². The fourth-order valence-corrected chi connectivity index (χ4v) is 1.39. The summed E-state index contributed by atoms with van der Waals surface area (Å²) in [6.45, 7) is 8.55. The lowest BCUT2D eigenvalue weighted by Crippen LogP contribution is -2.09. The fourth-order valence-electron chi connectivity index (χ4n) is 1.39. The number of hydrogen-bond acceptors (Lipinski definition) is 2. The summed E-state index contributed by atoms with van der Waals surface area (Å²) >= 11 is 0. The zero-order valence-corrected chi connectivity index (χ0v) is 10.1. The van der Waals surface area contributed by atoms with Crippen LogP contribution in [0.15, 0.2) is 18.3 Å². The van der Waals surface area contributed by atoms with Crippen LogP contribution in [0, 0.1) is 12.3 Å². The highest BCUT2D eigenvalue weighted by Crippen LogP contribution is 2.26. The van der Waals surface area contributed by atoms with Crippen LogP contribution in [-0.4, -0.2) is 10.1 Å². The van der Waals surface area contributed by atoms with Crippen molar-refractivity contribution in [2.45, 2.75) is 46.6 Å². The molecule has 2 heteroatoms. The SMILES string of the molecule is Cc1ccc(C(O)CCC(C)(C)C)nc1. The first-order valence-corrected chi connectivity index (χ1v) is 5.49. The Kier molecular flexibility index (Phi) is 3.86. The van der Waals surface area contributed by atoms with Gasteiger partial charge < -0.3 is 5.11 Å². The van der Waals surface area contributed by atoms with Crippen molar-refractivity contribution < 1.29 is 5.11 Å². The molecule has 0 radical (unpaired) electrons. The van der Waals surface area contributed by atoms with Gasteiger partial charge in [-0.05, 0) is 36.8 Å². The summed E-state index contributed by atoms with van der Waals surface area (Å²) in [7, 11) is 0. The fraction of sp³-hybridized carbons (Fsp3) is 0.615. The van der Waals surface area contributed by atoms with Crippen LogP contribution in [-0.2, 0) is 0 Å². The van der Waals surface area contributed by atoms with E-state index >= 15 is 0 Å². The molecular formula is C13H21NO. The first-order valence-electron chi connectivity index (χ1n) is 5.49. The van der Waals surface area contributed by atoms with Gasteiger partial charge in [-0.2, -0.15) is 0 Å². The Morgan fingerprint density at radius 2 is 2.00 bits per heavy atom. The van der Waals surface area contributed by atoms with Crippen LogP contribution in [0.3, 0.4) is 0 Å². The van der Waals surface area contributed by atoms with Gasteiger partial charge in [-0.25, -0.2) is 0 Å². The molecule has 15 heavy (non-hydrogen) atoms. The molecule has 0 fully saturated rings. The molecule has 0 aliphatic rings. The molecule has 1 rings (SSSR count). The van der Waals surface area contributed by atoms with Gasteiger partial charge in [0.25, 0.3) is 0 Å². The first kappa shape index (κ1) is 12.2. The zero-order chi connectivity index (χ0) is 11.5. The van der Waals surface area contributed by atoms with Crippen LogP contribution >= 0.6 is 0 Å². The summed E-state index contributed by atoms with van der Waals surface area (Å²) in [6, 6.07) is 3.89. The largest absolute Gasteiger partial charge is 0.387 e. The van der Waals surface area contributed by atoms with Crippen LogP contribution in [0.4, 0.5) is 0 Å². The van der Waals surface area contributed by atoms with Gasteiger partial charge in [0.1, 0.15) is 0 Å². The van der Waals surface area contributed by atoms with Crippen molar-refractivity contribution in [2.24, 2.45) is 5.41 Å². The monoisotopic (exact) mass is 207 g/mol. The maximum Gasteiger partial charge on any atom is 0.0959 e. The van der Waals surface area contributed by atoms with Crippen LogP contribution in [0.25, 0.3) is 0 Å². The van der Waals surface area contributed by atoms with Crippen LogP contribution in [0.1, 0.15) is 51.0 Å². The zero-order valence-electron chi connectivity index (χ0n) is 10.1. The summed E-state index contributed by atoms with van der Waals surface area (Å²) in [6.07, 6.45) is 3.16. The predicted molar refractivity (Wildman–Crippen MR) is 62.6 cm³/mol. The molecule has 0 saturated carbocycles. The topological polar surface area (TPSA) is 33.1 Å². The van der Waals surface area contributed by atoms with Crippen LogP contribution in [0.5, 0.6) is 0 Å². The smallest absolute Gasteiger partial charge is 0.0959 e. The summed E-state index contributed by atoms with van der Waals surface area (Å²) in [4.78, 5) is 4.23. The third kappa shape index (κ3) is 4.43. The van der Waals surface area contributed by atoms with Crippen molar-refractivity contribution in [3.05, 3.63) is 29.6 Å². The van der Waals surface area contributed by atoms with E-state index < -0.39 is 6.10 Å². The molecule has 1 aromatic rings. The average Bonchev–Trinajstić information content (AvgIpc) is 2.14. The van der Waals surface area contributed by atoms with Gasteiger partial charge in [0.2, 0.25) is 0 Å². The van der Waals surface area contributed by atoms with Crippen molar-refractivity contribution >= 4 is 0 Å². The van der Waals surface area contributed by atoms with Crippen molar-refractivity contribution in [3.63, 3.8) is 0 Å². The Balaban J connectivity index is 2.54. The molecule has 84 valence electrons. The molecule has 1 aromatic heterocycles. The first-order chi connectivity index (χ1) is 6.88. The molecule has 0 aliphatic heterocycles. The second-order valence-electron chi connectivity index (χ2n) is 5.38. The molecule has 0 aromatic carbocycles. The standard InChI is InChI=1S/C13H21NO/c1-10-5-6-11(14-9-10)12(15)7-8-13(2,3)4/h5-6,9,12,15H,7-8H2,1-4H3. The number of aliphatic hydroxyl groups is 1. The molecule has 1 heterocycles. The second kappa shape index (κ2) is 4.75. The van der Waals surface area contributed by atoms with Crippen molar-refractivity contribution in [2.75, 3.05) is 0 Å². The Morgan fingerprint density at radius 3 is 2.47 bits per heavy atom. The van der Waals surface area contributed by atoms with Gasteiger partial charge in [0.05, 0.1) is 11.8 Å². The molecule has 0 amide bonds. The molecule has 1 atom stereocenters. The van der Waals surface area contributed by atoms with E-state index in [1.54, 1.807) is 6.20 Å². The minimum absolute atomic E-state index is 0.270. The van der Waals surface area contributed by atoms with Gasteiger partial charge in [-0.3, -0.25) is 4.98 Å². The molecule has 0 saturated heterocycles. The summed E-state index contributed by atoms with van der Waals surface area (Å²) in [5, 5.41) is 9.91. The lowest BCUT2D eigenvalue weighted by atomic mass is 9.89. The molecule has 0 bridgehead atoms. The van der Waals surface area contributed by atoms with Crippen molar-refractivity contribution in [3.8, 4) is 0 Å². The minimum Gasteiger partial charge on any atom is -0.387 e. The molecule has 2 nitrogen and oxygen atoms in total. The molecule has 1 unspecified atom stereocenters. The van der Waals surface area contributed by atoms with Gasteiger partial charge in [-0.15, -0.1) is 0 Å². The van der Waals surface area contributed by atoms with Gasteiger partial charge in [0.15, 0.2) is 0 Å². The Hall–Kier alpha value is -0.890. The van der Waals surface area contributed by atoms with E-state index in [4.69, 9.17) is 0 Å². The third-order valence-corrected chi connectivity index (χ3v) is 2.44. The second-order valence-corrected chi connectivity index (χ2v) is 5.38. The number of rotatable bonds is 3. The lowest BCUT2D eigenvalue weighted by molar-refractivity contribution is 0.143. The third-order valence-electron chi connectivity index (χ3n) is 2.44. The summed E-state index contributed by atoms with van der Waals surface area (Å²) in [5.41, 5.74) is 2.18. The maximum absolute atomic E-state index is 9.91. The predicted octanol–water partition coefficient (Wildman–Crippen LogP) is 3.25.